The van der Waals surface area contributed by atoms with Crippen LogP contribution in [0.5, 0.6) is 11.5 Å². The predicted molar refractivity (Wildman–Crippen MR) is 105 cm³/mol. The molecule has 1 saturated heterocycles. The highest BCUT2D eigenvalue weighted by molar-refractivity contribution is 9.10. The van der Waals surface area contributed by atoms with Crippen molar-refractivity contribution in [3.63, 3.8) is 0 Å². The highest BCUT2D eigenvalue weighted by Gasteiger charge is 2.36. The molecule has 1 aliphatic carbocycles. The lowest BCUT2D eigenvalue weighted by atomic mass is 9.94. The van der Waals surface area contributed by atoms with Crippen molar-refractivity contribution in [1.29, 1.82) is 0 Å². The van der Waals surface area contributed by atoms with Gasteiger partial charge in [0.25, 0.3) is 5.91 Å². The van der Waals surface area contributed by atoms with Gasteiger partial charge in [-0.25, -0.2) is 0 Å². The van der Waals surface area contributed by atoms with Gasteiger partial charge in [-0.05, 0) is 64.8 Å². The lowest BCUT2D eigenvalue weighted by Crippen LogP contribution is -2.41. The van der Waals surface area contributed by atoms with Crippen molar-refractivity contribution in [3.05, 3.63) is 27.9 Å². The van der Waals surface area contributed by atoms with E-state index in [1.807, 2.05) is 12.1 Å². The lowest BCUT2D eigenvalue weighted by Gasteiger charge is -2.29. The number of rotatable bonds is 4. The molecule has 1 N–H and O–H groups in total. The Balaban J connectivity index is 1.88. The minimum atomic E-state index is -0.0530. The number of nitrogens with one attached hydrogen (secondary N) is 1. The van der Waals surface area contributed by atoms with Gasteiger partial charge in [0.2, 0.25) is 0 Å². The molecule has 0 radical (unpaired) electrons. The second-order valence-electron chi connectivity index (χ2n) is 6.19. The molecule has 0 bridgehead atoms. The van der Waals surface area contributed by atoms with E-state index in [0.717, 1.165) is 35.7 Å². The maximum atomic E-state index is 12.8. The van der Waals surface area contributed by atoms with Gasteiger partial charge >= 0.3 is 0 Å². The summed E-state index contributed by atoms with van der Waals surface area (Å²) in [5.41, 5.74) is 1.32. The summed E-state index contributed by atoms with van der Waals surface area (Å²) in [5.74, 6) is 1.17. The van der Waals surface area contributed by atoms with E-state index in [1.165, 1.54) is 6.42 Å². The third-order valence-corrected chi connectivity index (χ3v) is 5.50. The number of benzene rings is 1. The maximum Gasteiger partial charge on any atom is 0.276 e. The van der Waals surface area contributed by atoms with Crippen molar-refractivity contribution in [3.8, 4) is 11.5 Å². The quantitative estimate of drug-likeness (QED) is 0.587. The maximum absolute atomic E-state index is 12.8. The molecule has 2 fully saturated rings. The van der Waals surface area contributed by atoms with Gasteiger partial charge in [0.15, 0.2) is 16.6 Å². The summed E-state index contributed by atoms with van der Waals surface area (Å²) >= 11 is 8.88. The van der Waals surface area contributed by atoms with E-state index in [2.05, 4.69) is 21.2 Å². The predicted octanol–water partition coefficient (Wildman–Crippen LogP) is 3.86. The van der Waals surface area contributed by atoms with Crippen LogP contribution in [0.15, 0.2) is 22.3 Å². The number of methoxy groups -OCH3 is 2. The van der Waals surface area contributed by atoms with Gasteiger partial charge in [-0.3, -0.25) is 9.69 Å². The second kappa shape index (κ2) is 7.74. The molecular weight excluding hydrogens is 404 g/mol. The second-order valence-corrected chi connectivity index (χ2v) is 7.43. The molecule has 1 aromatic rings. The van der Waals surface area contributed by atoms with E-state index in [4.69, 9.17) is 21.7 Å². The molecule has 0 spiro atoms. The van der Waals surface area contributed by atoms with Crippen molar-refractivity contribution in [2.24, 2.45) is 0 Å². The fraction of sp³-hybridized carbons (Fsp3) is 0.444. The third kappa shape index (κ3) is 3.67. The summed E-state index contributed by atoms with van der Waals surface area (Å²) in [7, 11) is 3.17. The van der Waals surface area contributed by atoms with E-state index < -0.39 is 0 Å². The summed E-state index contributed by atoms with van der Waals surface area (Å²) in [5, 5.41) is 3.57. The average Bonchev–Trinajstić information content (AvgIpc) is 2.88. The number of amides is 1. The Labute approximate surface area is 161 Å². The molecule has 0 aromatic heterocycles. The molecule has 1 amide bonds. The Morgan fingerprint density at radius 3 is 2.60 bits per heavy atom. The molecule has 1 heterocycles. The number of hydrogen-bond donors (Lipinski definition) is 1. The SMILES string of the molecule is COc1cc(C=C2NC(=S)N(C3CCCCC3)C2=O)cc(Br)c1OC. The first-order valence-electron chi connectivity index (χ1n) is 8.33. The number of nitrogens with zero attached hydrogens (tertiary/aromatic N) is 1. The molecule has 134 valence electrons. The monoisotopic (exact) mass is 424 g/mol. The molecule has 7 heteroatoms. The smallest absolute Gasteiger partial charge is 0.276 e. The zero-order valence-corrected chi connectivity index (χ0v) is 16.7. The zero-order valence-electron chi connectivity index (χ0n) is 14.3. The summed E-state index contributed by atoms with van der Waals surface area (Å²) in [6.07, 6.45) is 7.37. The van der Waals surface area contributed by atoms with E-state index >= 15 is 0 Å². The topological polar surface area (TPSA) is 50.8 Å². The van der Waals surface area contributed by atoms with Crippen LogP contribution < -0.4 is 14.8 Å². The van der Waals surface area contributed by atoms with E-state index in [-0.39, 0.29) is 11.9 Å². The highest BCUT2D eigenvalue weighted by Crippen LogP contribution is 2.37. The standard InChI is InChI=1S/C18H21BrN2O3S/c1-23-15-10-11(8-13(19)16(15)24-2)9-14-17(22)21(18(25)20-14)12-6-4-3-5-7-12/h8-10,12H,3-7H2,1-2H3,(H,20,25). The lowest BCUT2D eigenvalue weighted by molar-refractivity contribution is -0.124. The van der Waals surface area contributed by atoms with Gasteiger partial charge < -0.3 is 14.8 Å². The van der Waals surface area contributed by atoms with Gasteiger partial charge in [0, 0.05) is 6.04 Å². The highest BCUT2D eigenvalue weighted by atomic mass is 79.9. The Hall–Kier alpha value is -1.60. The molecule has 1 saturated carbocycles. The molecule has 5 nitrogen and oxygen atoms in total. The Morgan fingerprint density at radius 1 is 1.24 bits per heavy atom. The zero-order chi connectivity index (χ0) is 18.0. The fourth-order valence-corrected chi connectivity index (χ4v) is 4.37. The van der Waals surface area contributed by atoms with Crippen LogP contribution >= 0.6 is 28.1 Å². The van der Waals surface area contributed by atoms with E-state index in [0.29, 0.717) is 22.3 Å². The number of hydrogen-bond acceptors (Lipinski definition) is 4. The Morgan fingerprint density at radius 2 is 1.96 bits per heavy atom. The van der Waals surface area contributed by atoms with Crippen LogP contribution in [0.1, 0.15) is 37.7 Å². The van der Waals surface area contributed by atoms with Crippen molar-refractivity contribution < 1.29 is 14.3 Å². The van der Waals surface area contributed by atoms with Crippen molar-refractivity contribution in [1.82, 2.24) is 10.2 Å². The number of halogens is 1. The molecular formula is C18H21BrN2O3S. The summed E-state index contributed by atoms with van der Waals surface area (Å²) in [4.78, 5) is 14.6. The van der Waals surface area contributed by atoms with Gasteiger partial charge in [-0.15, -0.1) is 0 Å². The van der Waals surface area contributed by atoms with Crippen LogP contribution in [0.2, 0.25) is 0 Å². The van der Waals surface area contributed by atoms with Crippen LogP contribution in [-0.4, -0.2) is 36.2 Å². The van der Waals surface area contributed by atoms with Crippen LogP contribution in [0, 0.1) is 0 Å². The van der Waals surface area contributed by atoms with Crippen molar-refractivity contribution in [2.45, 2.75) is 38.1 Å². The molecule has 0 unspecified atom stereocenters. The molecule has 1 aromatic carbocycles. The molecule has 1 aliphatic heterocycles. The summed E-state index contributed by atoms with van der Waals surface area (Å²) < 4.78 is 11.4. The summed E-state index contributed by atoms with van der Waals surface area (Å²) in [6, 6.07) is 3.93. The largest absolute Gasteiger partial charge is 0.493 e. The Kier molecular flexibility index (Phi) is 5.64. The van der Waals surface area contributed by atoms with E-state index in [9.17, 15) is 4.79 Å². The first kappa shape index (κ1) is 18.2. The third-order valence-electron chi connectivity index (χ3n) is 4.62. The van der Waals surface area contributed by atoms with Gasteiger partial charge in [-0.1, -0.05) is 19.3 Å². The van der Waals surface area contributed by atoms with Crippen LogP contribution in [-0.2, 0) is 4.79 Å². The first-order valence-corrected chi connectivity index (χ1v) is 9.53. The van der Waals surface area contributed by atoms with E-state index in [1.54, 1.807) is 25.2 Å². The molecule has 2 aliphatic rings. The molecule has 0 atom stereocenters. The van der Waals surface area contributed by atoms with Crippen LogP contribution in [0.25, 0.3) is 6.08 Å². The number of thiocarbonyl (C=S) groups is 1. The first-order chi connectivity index (χ1) is 12.0. The summed E-state index contributed by atoms with van der Waals surface area (Å²) in [6.45, 7) is 0. The fourth-order valence-electron chi connectivity index (χ4n) is 3.41. The van der Waals surface area contributed by atoms with Gasteiger partial charge in [0.1, 0.15) is 5.70 Å². The minimum absolute atomic E-state index is 0.0530. The molecule has 3 rings (SSSR count). The van der Waals surface area contributed by atoms with Crippen molar-refractivity contribution >= 4 is 45.2 Å². The van der Waals surface area contributed by atoms with Gasteiger partial charge in [0.05, 0.1) is 18.7 Å². The van der Waals surface area contributed by atoms with Crippen LogP contribution in [0.4, 0.5) is 0 Å². The number of ether oxygens (including phenoxy) is 2. The van der Waals surface area contributed by atoms with Crippen LogP contribution in [0.3, 0.4) is 0 Å². The number of carbonyl (C=O) groups excluding carboxylic acids is 1. The van der Waals surface area contributed by atoms with Gasteiger partial charge in [-0.2, -0.15) is 0 Å². The normalized spacial score (nSPS) is 20.1. The number of carbonyl (C=O) groups is 1. The van der Waals surface area contributed by atoms with Crippen molar-refractivity contribution in [2.75, 3.05) is 14.2 Å². The minimum Gasteiger partial charge on any atom is -0.493 e. The molecule has 25 heavy (non-hydrogen) atoms. The average molecular weight is 425 g/mol. The Bertz CT molecular complexity index is 729.